The van der Waals surface area contributed by atoms with Crippen molar-refractivity contribution in [2.24, 2.45) is 0 Å². The van der Waals surface area contributed by atoms with Gasteiger partial charge in [-0.1, -0.05) is 28.1 Å². The number of ether oxygens (including phenoxy) is 1. The molecule has 0 unspecified atom stereocenters. The van der Waals surface area contributed by atoms with Gasteiger partial charge in [0.2, 0.25) is 0 Å². The van der Waals surface area contributed by atoms with E-state index in [2.05, 4.69) is 26.1 Å². The van der Waals surface area contributed by atoms with E-state index in [9.17, 15) is 4.39 Å². The second-order valence-corrected chi connectivity index (χ2v) is 4.85. The molecule has 0 atom stereocenters. The van der Waals surface area contributed by atoms with Crippen LogP contribution in [-0.2, 0) is 0 Å². The summed E-state index contributed by atoms with van der Waals surface area (Å²) in [5.41, 5.74) is 0.732. The predicted octanol–water partition coefficient (Wildman–Crippen LogP) is 4.32. The summed E-state index contributed by atoms with van der Waals surface area (Å²) in [5, 5.41) is 8.71. The minimum atomic E-state index is -0.365. The van der Waals surface area contributed by atoms with Crippen LogP contribution in [0.2, 0.25) is 0 Å². The monoisotopic (exact) mass is 318 g/mol. The third-order valence-corrected chi connectivity index (χ3v) is 3.03. The summed E-state index contributed by atoms with van der Waals surface area (Å²) < 4.78 is 19.6. The number of hydrogen-bond acceptors (Lipinski definition) is 3. The highest BCUT2D eigenvalue weighted by Gasteiger charge is 2.06. The Bertz CT molecular complexity index is 723. The van der Waals surface area contributed by atoms with Gasteiger partial charge in [0.25, 0.3) is 0 Å². The van der Waals surface area contributed by atoms with Crippen LogP contribution < -0.4 is 4.74 Å². The number of nitrogens with zero attached hydrogens (tertiary/aromatic N) is 2. The molecule has 19 heavy (non-hydrogen) atoms. The summed E-state index contributed by atoms with van der Waals surface area (Å²) in [6.07, 6.45) is 1.52. The largest absolute Gasteiger partial charge is 0.455 e. The first kappa shape index (κ1) is 12.0. The molecule has 1 heterocycles. The van der Waals surface area contributed by atoms with Gasteiger partial charge < -0.3 is 4.74 Å². The lowest BCUT2D eigenvalue weighted by Gasteiger charge is -2.08. The van der Waals surface area contributed by atoms with Crippen molar-refractivity contribution < 1.29 is 9.13 Å². The molecule has 0 N–H and O–H groups in total. The number of aromatic nitrogens is 2. The molecule has 0 aliphatic rings. The van der Waals surface area contributed by atoms with E-state index in [1.165, 1.54) is 18.3 Å². The molecule has 0 radical (unpaired) electrons. The Morgan fingerprint density at radius 2 is 1.95 bits per heavy atom. The molecule has 3 rings (SSSR count). The maximum absolute atomic E-state index is 13.3. The van der Waals surface area contributed by atoms with Crippen molar-refractivity contribution in [3.8, 4) is 11.5 Å². The van der Waals surface area contributed by atoms with Crippen LogP contribution in [0.1, 0.15) is 0 Å². The first-order valence-corrected chi connectivity index (χ1v) is 6.36. The Morgan fingerprint density at radius 3 is 2.79 bits per heavy atom. The minimum absolute atomic E-state index is 0.365. The Labute approximate surface area is 117 Å². The van der Waals surface area contributed by atoms with Crippen LogP contribution in [0.4, 0.5) is 4.39 Å². The molecule has 1 aromatic heterocycles. The van der Waals surface area contributed by atoms with Gasteiger partial charge in [-0.05, 0) is 24.3 Å². The molecule has 0 aliphatic heterocycles. The molecule has 0 saturated heterocycles. The summed E-state index contributed by atoms with van der Waals surface area (Å²) in [7, 11) is 0. The number of halogens is 2. The van der Waals surface area contributed by atoms with Gasteiger partial charge in [0.1, 0.15) is 11.6 Å². The lowest BCUT2D eigenvalue weighted by Crippen LogP contribution is -1.90. The van der Waals surface area contributed by atoms with E-state index >= 15 is 0 Å². The third kappa shape index (κ3) is 2.56. The first-order valence-electron chi connectivity index (χ1n) is 5.57. The van der Waals surface area contributed by atoms with Crippen LogP contribution in [0.25, 0.3) is 10.9 Å². The van der Waals surface area contributed by atoms with Crippen LogP contribution in [0, 0.1) is 5.82 Å². The average Bonchev–Trinajstić information content (AvgIpc) is 2.38. The Kier molecular flexibility index (Phi) is 3.13. The molecule has 0 saturated carbocycles. The lowest BCUT2D eigenvalue weighted by atomic mass is 10.2. The second-order valence-electron chi connectivity index (χ2n) is 3.93. The van der Waals surface area contributed by atoms with Crippen molar-refractivity contribution in [3.05, 3.63) is 59.0 Å². The quantitative estimate of drug-likeness (QED) is 0.705. The summed E-state index contributed by atoms with van der Waals surface area (Å²) >= 11 is 3.23. The van der Waals surface area contributed by atoms with Crippen molar-refractivity contribution in [2.45, 2.75) is 0 Å². The highest BCUT2D eigenvalue weighted by atomic mass is 79.9. The van der Waals surface area contributed by atoms with E-state index in [1.807, 2.05) is 24.3 Å². The maximum atomic E-state index is 13.3. The fourth-order valence-corrected chi connectivity index (χ4v) is 2.22. The van der Waals surface area contributed by atoms with E-state index in [1.54, 1.807) is 6.07 Å². The number of rotatable bonds is 2. The smallest absolute Gasteiger partial charge is 0.156 e. The zero-order chi connectivity index (χ0) is 13.2. The lowest BCUT2D eigenvalue weighted by molar-refractivity contribution is 0.478. The normalized spacial score (nSPS) is 10.6. The van der Waals surface area contributed by atoms with Gasteiger partial charge in [-0.3, -0.25) is 0 Å². The molecular formula is C14H8BrFN2O. The topological polar surface area (TPSA) is 35.0 Å². The Balaban J connectivity index is 2.05. The number of fused-ring (bicyclic) bond motifs is 1. The average molecular weight is 319 g/mol. The molecule has 0 spiro atoms. The number of benzene rings is 2. The van der Waals surface area contributed by atoms with E-state index in [0.717, 1.165) is 10.9 Å². The van der Waals surface area contributed by atoms with Gasteiger partial charge >= 0.3 is 0 Å². The molecule has 2 aromatic carbocycles. The second kappa shape index (κ2) is 4.93. The van der Waals surface area contributed by atoms with Crippen molar-refractivity contribution in [1.29, 1.82) is 0 Å². The summed E-state index contributed by atoms with van der Waals surface area (Å²) in [5.74, 6) is 0.587. The Morgan fingerprint density at radius 1 is 1.11 bits per heavy atom. The summed E-state index contributed by atoms with van der Waals surface area (Å²) in [6.45, 7) is 0. The SMILES string of the molecule is Fc1cc(Br)cc(Oc2cnnc3ccccc23)c1. The van der Waals surface area contributed by atoms with Gasteiger partial charge in [-0.15, -0.1) is 0 Å². The highest BCUT2D eigenvalue weighted by molar-refractivity contribution is 9.10. The van der Waals surface area contributed by atoms with Crippen molar-refractivity contribution in [2.75, 3.05) is 0 Å². The zero-order valence-corrected chi connectivity index (χ0v) is 11.3. The molecule has 3 nitrogen and oxygen atoms in total. The van der Waals surface area contributed by atoms with Gasteiger partial charge in [0, 0.05) is 15.9 Å². The first-order chi connectivity index (χ1) is 9.22. The van der Waals surface area contributed by atoms with Crippen LogP contribution in [-0.4, -0.2) is 10.2 Å². The third-order valence-electron chi connectivity index (χ3n) is 2.57. The van der Waals surface area contributed by atoms with Crippen molar-refractivity contribution in [1.82, 2.24) is 10.2 Å². The fraction of sp³-hybridized carbons (Fsp3) is 0. The van der Waals surface area contributed by atoms with E-state index < -0.39 is 0 Å². The van der Waals surface area contributed by atoms with E-state index in [0.29, 0.717) is 16.0 Å². The van der Waals surface area contributed by atoms with Gasteiger partial charge in [-0.25, -0.2) is 4.39 Å². The van der Waals surface area contributed by atoms with Crippen molar-refractivity contribution >= 4 is 26.8 Å². The van der Waals surface area contributed by atoms with Gasteiger partial charge in [0.05, 0.1) is 11.7 Å². The zero-order valence-electron chi connectivity index (χ0n) is 9.68. The molecule has 0 aliphatic carbocycles. The molecule has 0 fully saturated rings. The fourth-order valence-electron chi connectivity index (χ4n) is 1.78. The molecule has 0 amide bonds. The van der Waals surface area contributed by atoms with E-state index in [-0.39, 0.29) is 5.82 Å². The Hall–Kier alpha value is -2.01. The van der Waals surface area contributed by atoms with Crippen LogP contribution in [0.15, 0.2) is 53.1 Å². The van der Waals surface area contributed by atoms with Crippen LogP contribution in [0.5, 0.6) is 11.5 Å². The van der Waals surface area contributed by atoms with Crippen molar-refractivity contribution in [3.63, 3.8) is 0 Å². The molecule has 0 bridgehead atoms. The highest BCUT2D eigenvalue weighted by Crippen LogP contribution is 2.29. The molecule has 5 heteroatoms. The van der Waals surface area contributed by atoms with Crippen LogP contribution >= 0.6 is 15.9 Å². The predicted molar refractivity (Wildman–Crippen MR) is 73.7 cm³/mol. The summed E-state index contributed by atoms with van der Waals surface area (Å²) in [4.78, 5) is 0. The van der Waals surface area contributed by atoms with Crippen LogP contribution in [0.3, 0.4) is 0 Å². The van der Waals surface area contributed by atoms with Gasteiger partial charge in [-0.2, -0.15) is 10.2 Å². The maximum Gasteiger partial charge on any atom is 0.156 e. The molecule has 94 valence electrons. The molecular weight excluding hydrogens is 311 g/mol. The van der Waals surface area contributed by atoms with Gasteiger partial charge in [0.15, 0.2) is 5.75 Å². The number of hydrogen-bond donors (Lipinski definition) is 0. The van der Waals surface area contributed by atoms with E-state index in [4.69, 9.17) is 4.74 Å². The standard InChI is InChI=1S/C14H8BrFN2O/c15-9-5-10(16)7-11(6-9)19-14-8-17-18-13-4-2-1-3-12(13)14/h1-8H. The minimum Gasteiger partial charge on any atom is -0.455 e. The molecule has 3 aromatic rings. The summed E-state index contributed by atoms with van der Waals surface area (Å²) in [6, 6.07) is 11.9.